The molecule has 1 aromatic heterocycles. The average Bonchev–Trinajstić information content (AvgIpc) is 3.13. The predicted octanol–water partition coefficient (Wildman–Crippen LogP) is 12.2. The van der Waals surface area contributed by atoms with Crippen molar-refractivity contribution in [2.45, 2.75) is 54.4 Å². The molecule has 5 aromatic carbocycles. The summed E-state index contributed by atoms with van der Waals surface area (Å²) in [5.41, 5.74) is 10.1. The number of nitrogens with zero attached hydrogens (tertiary/aromatic N) is 3. The molecule has 0 aliphatic heterocycles. The Morgan fingerprint density at radius 1 is 0.538 bits per heavy atom. The molecule has 0 spiro atoms. The Morgan fingerprint density at radius 3 is 1.60 bits per heavy atom. The third kappa shape index (κ3) is 7.93. The Morgan fingerprint density at radius 2 is 1.04 bits per heavy atom. The van der Waals surface area contributed by atoms with Gasteiger partial charge in [-0.1, -0.05) is 169 Å². The summed E-state index contributed by atoms with van der Waals surface area (Å²) in [5.74, 6) is 1.96. The highest BCUT2D eigenvalue weighted by atomic mass is 31.2. The van der Waals surface area contributed by atoms with Crippen molar-refractivity contribution in [3.8, 4) is 56.4 Å². The van der Waals surface area contributed by atoms with E-state index in [0.29, 0.717) is 29.8 Å². The maximum Gasteiger partial charge on any atom is 0.164 e. The lowest BCUT2D eigenvalue weighted by Crippen LogP contribution is -2.25. The van der Waals surface area contributed by atoms with Crippen LogP contribution in [0.2, 0.25) is 0 Å². The van der Waals surface area contributed by atoms with Gasteiger partial charge in [-0.2, -0.15) is 0 Å². The Labute approximate surface area is 309 Å². The van der Waals surface area contributed by atoms with Gasteiger partial charge < -0.3 is 4.57 Å². The van der Waals surface area contributed by atoms with E-state index in [1.807, 2.05) is 60.7 Å². The molecule has 1 aliphatic carbocycles. The fourth-order valence-electron chi connectivity index (χ4n) is 7.52. The van der Waals surface area contributed by atoms with E-state index in [4.69, 9.17) is 15.0 Å². The van der Waals surface area contributed by atoms with Crippen molar-refractivity contribution in [2.24, 2.45) is 10.8 Å². The molecule has 0 fully saturated rings. The van der Waals surface area contributed by atoms with Gasteiger partial charge in [0.25, 0.3) is 0 Å². The second kappa shape index (κ2) is 14.2. The molecule has 0 saturated carbocycles. The van der Waals surface area contributed by atoms with E-state index in [1.165, 1.54) is 22.3 Å². The van der Waals surface area contributed by atoms with E-state index in [9.17, 15) is 4.57 Å². The first-order valence-corrected chi connectivity index (χ1v) is 20.4. The Balaban J connectivity index is 1.27. The maximum absolute atomic E-state index is 14.6. The smallest absolute Gasteiger partial charge is 0.164 e. The third-order valence-corrected chi connectivity index (χ3v) is 13.6. The van der Waals surface area contributed by atoms with Crippen LogP contribution in [0.5, 0.6) is 0 Å². The maximum atomic E-state index is 14.6. The number of hydrogen-bond donors (Lipinski definition) is 0. The molecule has 52 heavy (non-hydrogen) atoms. The molecule has 0 bridgehead atoms. The first-order valence-electron chi connectivity index (χ1n) is 18.3. The van der Waals surface area contributed by atoms with Gasteiger partial charge in [0.1, 0.15) is 7.14 Å². The topological polar surface area (TPSA) is 55.7 Å². The lowest BCUT2D eigenvalue weighted by Gasteiger charge is -2.32. The molecule has 4 nitrogen and oxygen atoms in total. The Hall–Kier alpha value is -4.92. The van der Waals surface area contributed by atoms with E-state index in [1.54, 1.807) is 0 Å². The van der Waals surface area contributed by atoms with E-state index in [-0.39, 0.29) is 10.8 Å². The monoisotopic (exact) mass is 701 g/mol. The SMILES string of the molecule is CC(C)(C)CP(=O)(CC(C)(C)C)c1ccc(-c2ccc(-c3cccc(-c4nc(-c5ccccc5)nc(-c5ccccc5)n4)c3)c3c2C=CCC3)cc1. The fraction of sp³-hybridized carbons (Fsp3) is 0.255. The second-order valence-electron chi connectivity index (χ2n) is 16.5. The summed E-state index contributed by atoms with van der Waals surface area (Å²) in [6.45, 7) is 13.2. The number of benzene rings is 5. The highest BCUT2D eigenvalue weighted by Gasteiger charge is 2.34. The molecule has 1 aliphatic rings. The van der Waals surface area contributed by atoms with Crippen molar-refractivity contribution in [3.05, 3.63) is 139 Å². The van der Waals surface area contributed by atoms with Gasteiger partial charge in [0.15, 0.2) is 17.5 Å². The lowest BCUT2D eigenvalue weighted by molar-refractivity contribution is 0.439. The molecule has 6 aromatic rings. The van der Waals surface area contributed by atoms with Crippen LogP contribution in [0.1, 0.15) is 59.1 Å². The summed E-state index contributed by atoms with van der Waals surface area (Å²) in [7, 11) is -2.60. The number of allylic oxidation sites excluding steroid dienone is 1. The lowest BCUT2D eigenvalue weighted by atomic mass is 9.84. The van der Waals surface area contributed by atoms with Gasteiger partial charge in [-0.25, -0.2) is 15.0 Å². The van der Waals surface area contributed by atoms with Gasteiger partial charge in [-0.3, -0.25) is 0 Å². The summed E-state index contributed by atoms with van der Waals surface area (Å²) in [6.07, 6.45) is 7.93. The first-order chi connectivity index (χ1) is 24.9. The van der Waals surface area contributed by atoms with Crippen LogP contribution >= 0.6 is 7.14 Å². The van der Waals surface area contributed by atoms with Crippen molar-refractivity contribution in [1.82, 2.24) is 15.0 Å². The first kappa shape index (κ1) is 35.5. The molecule has 1 heterocycles. The van der Waals surface area contributed by atoms with Crippen LogP contribution in [-0.4, -0.2) is 27.3 Å². The van der Waals surface area contributed by atoms with Crippen LogP contribution in [0, 0.1) is 10.8 Å². The van der Waals surface area contributed by atoms with Crippen LogP contribution in [-0.2, 0) is 11.0 Å². The summed E-state index contributed by atoms with van der Waals surface area (Å²) in [5, 5.41) is 0.989. The largest absolute Gasteiger partial charge is 0.319 e. The van der Waals surface area contributed by atoms with Gasteiger partial charge in [0.05, 0.1) is 0 Å². The molecule has 0 saturated heterocycles. The molecule has 0 amide bonds. The third-order valence-electron chi connectivity index (χ3n) is 9.44. The Kier molecular flexibility index (Phi) is 9.72. The van der Waals surface area contributed by atoms with Gasteiger partial charge in [0, 0.05) is 34.3 Å². The van der Waals surface area contributed by atoms with Gasteiger partial charge in [-0.05, 0) is 63.1 Å². The molecule has 262 valence electrons. The van der Waals surface area contributed by atoms with Crippen LogP contribution in [0.25, 0.3) is 62.5 Å². The zero-order chi connectivity index (χ0) is 36.5. The normalized spacial score (nSPS) is 13.2. The zero-order valence-corrected chi connectivity index (χ0v) is 32.1. The van der Waals surface area contributed by atoms with E-state index in [2.05, 4.69) is 114 Å². The number of fused-ring (bicyclic) bond motifs is 1. The van der Waals surface area contributed by atoms with Crippen LogP contribution in [0.3, 0.4) is 0 Å². The second-order valence-corrected chi connectivity index (χ2v) is 19.4. The van der Waals surface area contributed by atoms with Crippen LogP contribution in [0.4, 0.5) is 0 Å². The average molecular weight is 702 g/mol. The number of hydrogen-bond acceptors (Lipinski definition) is 4. The van der Waals surface area contributed by atoms with Crippen LogP contribution < -0.4 is 5.30 Å². The predicted molar refractivity (Wildman–Crippen MR) is 220 cm³/mol. The molecule has 5 heteroatoms. The van der Waals surface area contributed by atoms with Crippen LogP contribution in [0.15, 0.2) is 127 Å². The summed E-state index contributed by atoms with van der Waals surface area (Å²) in [6, 6.07) is 41.9. The van der Waals surface area contributed by atoms with Crippen molar-refractivity contribution < 1.29 is 4.57 Å². The number of rotatable bonds is 8. The minimum Gasteiger partial charge on any atom is -0.319 e. The van der Waals surface area contributed by atoms with E-state index in [0.717, 1.165) is 46.0 Å². The van der Waals surface area contributed by atoms with Crippen molar-refractivity contribution in [1.29, 1.82) is 0 Å². The standard InChI is InChI=1S/C47H48N3OP/c1-46(2,3)31-52(51,32-47(4,5)6)38-26-24-33(25-27-38)39-28-29-40(42-23-14-13-22-41(39)42)36-20-15-21-37(30-36)45-49-43(34-16-9-7-10-17-34)48-44(50-45)35-18-11-8-12-19-35/h7-13,15-22,24-30H,14,23,31-32H2,1-6H3. The minimum absolute atomic E-state index is 0.0195. The van der Waals surface area contributed by atoms with Gasteiger partial charge in [-0.15, -0.1) is 0 Å². The van der Waals surface area contributed by atoms with Crippen molar-refractivity contribution >= 4 is 18.5 Å². The van der Waals surface area contributed by atoms with Crippen molar-refractivity contribution in [2.75, 3.05) is 12.3 Å². The molecule has 0 N–H and O–H groups in total. The molecular formula is C47H48N3OP. The minimum atomic E-state index is -2.60. The molecule has 7 rings (SSSR count). The summed E-state index contributed by atoms with van der Waals surface area (Å²) < 4.78 is 14.6. The fourth-order valence-corrected chi connectivity index (χ4v) is 11.8. The zero-order valence-electron chi connectivity index (χ0n) is 31.2. The highest BCUT2D eigenvalue weighted by molar-refractivity contribution is 7.71. The highest BCUT2D eigenvalue weighted by Crippen LogP contribution is 2.53. The summed E-state index contributed by atoms with van der Waals surface area (Å²) in [4.78, 5) is 14.9. The molecule has 0 unspecified atom stereocenters. The van der Waals surface area contributed by atoms with E-state index < -0.39 is 7.14 Å². The molecule has 0 radical (unpaired) electrons. The Bertz CT molecular complexity index is 2200. The molecule has 0 atom stereocenters. The van der Waals surface area contributed by atoms with E-state index >= 15 is 0 Å². The van der Waals surface area contributed by atoms with Gasteiger partial charge >= 0.3 is 0 Å². The van der Waals surface area contributed by atoms with Crippen molar-refractivity contribution in [3.63, 3.8) is 0 Å². The quantitative estimate of drug-likeness (QED) is 0.148. The summed E-state index contributed by atoms with van der Waals surface area (Å²) >= 11 is 0. The van der Waals surface area contributed by atoms with Gasteiger partial charge in [0.2, 0.25) is 0 Å². The molecular weight excluding hydrogens is 654 g/mol. The number of aromatic nitrogens is 3.